The van der Waals surface area contributed by atoms with Gasteiger partial charge in [-0.15, -0.1) is 0 Å². The highest BCUT2D eigenvalue weighted by atomic mass is 32.2. The molecular weight excluding hydrogens is 319 g/mol. The second-order valence-electron chi connectivity index (χ2n) is 6.56. The molecule has 7 heteroatoms. The lowest BCUT2D eigenvalue weighted by Gasteiger charge is -2.32. The first kappa shape index (κ1) is 16.4. The molecule has 0 spiro atoms. The molecule has 0 radical (unpaired) electrons. The molecular formula is C16H21FN2O3S. The van der Waals surface area contributed by atoms with E-state index >= 15 is 0 Å². The first-order valence-corrected chi connectivity index (χ1v) is 9.60. The molecule has 1 unspecified atom stereocenters. The zero-order valence-electron chi connectivity index (χ0n) is 13.1. The van der Waals surface area contributed by atoms with E-state index in [2.05, 4.69) is 5.32 Å². The predicted octanol–water partition coefficient (Wildman–Crippen LogP) is 1.05. The van der Waals surface area contributed by atoms with Gasteiger partial charge in [-0.2, -0.15) is 0 Å². The molecule has 0 aromatic heterocycles. The Bertz CT molecular complexity index is 716. The molecule has 1 amide bonds. The highest BCUT2D eigenvalue weighted by Crippen LogP contribution is 2.46. The van der Waals surface area contributed by atoms with Gasteiger partial charge >= 0.3 is 0 Å². The van der Waals surface area contributed by atoms with Crippen molar-refractivity contribution in [2.75, 3.05) is 25.1 Å². The minimum atomic E-state index is -3.08. The number of rotatable bonds is 4. The van der Waals surface area contributed by atoms with Gasteiger partial charge in [0.1, 0.15) is 5.82 Å². The van der Waals surface area contributed by atoms with Crippen LogP contribution in [0.25, 0.3) is 0 Å². The van der Waals surface area contributed by atoms with Gasteiger partial charge in [-0.3, -0.25) is 4.79 Å². The summed E-state index contributed by atoms with van der Waals surface area (Å²) in [6, 6.07) is 6.15. The van der Waals surface area contributed by atoms with Gasteiger partial charge in [-0.05, 0) is 26.0 Å². The smallest absolute Gasteiger partial charge is 0.222 e. The summed E-state index contributed by atoms with van der Waals surface area (Å²) in [5, 5.41) is 2.92. The Morgan fingerprint density at radius 3 is 2.74 bits per heavy atom. The molecule has 1 aliphatic heterocycles. The Balaban J connectivity index is 1.67. The van der Waals surface area contributed by atoms with Gasteiger partial charge in [0.05, 0.1) is 17.0 Å². The Hall–Kier alpha value is -1.47. The largest absolute Gasteiger partial charge is 0.346 e. The molecule has 0 bridgehead atoms. The van der Waals surface area contributed by atoms with Gasteiger partial charge in [0, 0.05) is 24.6 Å². The number of nitrogens with zero attached hydrogens (tertiary/aromatic N) is 1. The third-order valence-electron chi connectivity index (χ3n) is 4.76. The molecule has 1 aromatic rings. The maximum atomic E-state index is 14.0. The predicted molar refractivity (Wildman–Crippen MR) is 85.1 cm³/mol. The number of nitrogens with one attached hydrogen (secondary N) is 1. The van der Waals surface area contributed by atoms with Crippen molar-refractivity contribution in [1.82, 2.24) is 10.2 Å². The monoisotopic (exact) mass is 340 g/mol. The minimum Gasteiger partial charge on any atom is -0.346 e. The van der Waals surface area contributed by atoms with Crippen molar-refractivity contribution in [2.45, 2.75) is 30.8 Å². The molecule has 1 saturated heterocycles. The molecule has 1 saturated carbocycles. The summed E-state index contributed by atoms with van der Waals surface area (Å²) >= 11 is 0. The van der Waals surface area contributed by atoms with Crippen LogP contribution in [0, 0.1) is 5.82 Å². The van der Waals surface area contributed by atoms with Crippen molar-refractivity contribution in [3.8, 4) is 0 Å². The summed E-state index contributed by atoms with van der Waals surface area (Å²) in [5.41, 5.74) is -0.105. The van der Waals surface area contributed by atoms with E-state index < -0.39 is 15.4 Å². The summed E-state index contributed by atoms with van der Waals surface area (Å²) < 4.78 is 37.4. The zero-order chi connectivity index (χ0) is 16.7. The van der Waals surface area contributed by atoms with Crippen LogP contribution in [-0.2, 0) is 20.2 Å². The Kier molecular flexibility index (Phi) is 4.18. The van der Waals surface area contributed by atoms with Crippen LogP contribution in [0.2, 0.25) is 0 Å². The van der Waals surface area contributed by atoms with E-state index in [9.17, 15) is 17.6 Å². The van der Waals surface area contributed by atoms with Crippen LogP contribution < -0.4 is 5.32 Å². The number of hydrogen-bond acceptors (Lipinski definition) is 4. The molecule has 1 atom stereocenters. The fourth-order valence-corrected chi connectivity index (χ4v) is 4.84. The van der Waals surface area contributed by atoms with E-state index in [1.807, 2.05) is 11.9 Å². The maximum absolute atomic E-state index is 14.0. The minimum absolute atomic E-state index is 0.00359. The van der Waals surface area contributed by atoms with Gasteiger partial charge in [-0.1, -0.05) is 18.2 Å². The lowest BCUT2D eigenvalue weighted by atomic mass is 10.0. The van der Waals surface area contributed by atoms with Crippen molar-refractivity contribution in [3.05, 3.63) is 35.6 Å². The van der Waals surface area contributed by atoms with E-state index in [0.717, 1.165) is 0 Å². The first-order chi connectivity index (χ1) is 10.8. The molecule has 3 rings (SSSR count). The Labute approximate surface area is 135 Å². The topological polar surface area (TPSA) is 66.5 Å². The summed E-state index contributed by atoms with van der Waals surface area (Å²) in [5.74, 6) is -0.396. The average Bonchev–Trinajstić information content (AvgIpc) is 3.23. The van der Waals surface area contributed by atoms with Crippen molar-refractivity contribution in [2.24, 2.45) is 0 Å². The third-order valence-corrected chi connectivity index (χ3v) is 6.46. The molecule has 1 aromatic carbocycles. The molecule has 2 fully saturated rings. The van der Waals surface area contributed by atoms with E-state index in [-0.39, 0.29) is 35.7 Å². The number of halogens is 1. The summed E-state index contributed by atoms with van der Waals surface area (Å²) in [4.78, 5) is 14.3. The second kappa shape index (κ2) is 5.87. The lowest BCUT2D eigenvalue weighted by molar-refractivity contribution is -0.123. The fourth-order valence-electron chi connectivity index (χ4n) is 3.15. The van der Waals surface area contributed by atoms with Crippen LogP contribution in [0.15, 0.2) is 24.3 Å². The van der Waals surface area contributed by atoms with E-state index in [1.165, 1.54) is 6.07 Å². The summed E-state index contributed by atoms with van der Waals surface area (Å²) in [7, 11) is -1.25. The Morgan fingerprint density at radius 1 is 1.39 bits per heavy atom. The Morgan fingerprint density at radius 2 is 2.09 bits per heavy atom. The van der Waals surface area contributed by atoms with Gasteiger partial charge in [0.15, 0.2) is 9.84 Å². The molecule has 1 aliphatic carbocycles. The summed E-state index contributed by atoms with van der Waals surface area (Å²) in [6.45, 7) is 0.443. The number of sulfone groups is 1. The van der Waals surface area contributed by atoms with Crippen molar-refractivity contribution in [1.29, 1.82) is 0 Å². The van der Waals surface area contributed by atoms with Crippen molar-refractivity contribution in [3.63, 3.8) is 0 Å². The number of carbonyl (C=O) groups excluding carboxylic acids is 1. The normalized spacial score (nSPS) is 25.7. The molecule has 5 nitrogen and oxygen atoms in total. The van der Waals surface area contributed by atoms with Crippen LogP contribution in [0.4, 0.5) is 4.39 Å². The number of carbonyl (C=O) groups is 1. The highest BCUT2D eigenvalue weighted by molar-refractivity contribution is 7.91. The molecule has 126 valence electrons. The van der Waals surface area contributed by atoms with Gasteiger partial charge in [-0.25, -0.2) is 12.8 Å². The van der Waals surface area contributed by atoms with Crippen LogP contribution >= 0.6 is 0 Å². The third kappa shape index (κ3) is 3.55. The van der Waals surface area contributed by atoms with Gasteiger partial charge in [0.25, 0.3) is 0 Å². The van der Waals surface area contributed by atoms with Gasteiger partial charge < -0.3 is 10.2 Å². The van der Waals surface area contributed by atoms with Crippen LogP contribution in [0.5, 0.6) is 0 Å². The van der Waals surface area contributed by atoms with Crippen LogP contribution in [0.1, 0.15) is 24.8 Å². The van der Waals surface area contributed by atoms with Crippen LogP contribution in [-0.4, -0.2) is 50.4 Å². The molecule has 2 aliphatic rings. The summed E-state index contributed by atoms with van der Waals surface area (Å²) in [6.07, 6.45) is 1.53. The average molecular weight is 340 g/mol. The highest BCUT2D eigenvalue weighted by Gasteiger charge is 2.47. The molecule has 23 heavy (non-hydrogen) atoms. The zero-order valence-corrected chi connectivity index (χ0v) is 13.9. The quantitative estimate of drug-likeness (QED) is 0.890. The number of benzene rings is 1. The number of amides is 1. The second-order valence-corrected chi connectivity index (χ2v) is 8.79. The van der Waals surface area contributed by atoms with Crippen molar-refractivity contribution < 1.29 is 17.6 Å². The van der Waals surface area contributed by atoms with E-state index in [0.29, 0.717) is 24.9 Å². The number of hydrogen-bond donors (Lipinski definition) is 1. The van der Waals surface area contributed by atoms with E-state index in [1.54, 1.807) is 18.2 Å². The molecule has 1 heterocycles. The van der Waals surface area contributed by atoms with E-state index in [4.69, 9.17) is 0 Å². The van der Waals surface area contributed by atoms with Crippen LogP contribution in [0.3, 0.4) is 0 Å². The SMILES string of the molecule is CN1CCS(=O)(=O)CC1CC(=O)NC1(c2ccccc2F)CC1. The van der Waals surface area contributed by atoms with Gasteiger partial charge in [0.2, 0.25) is 5.91 Å². The first-order valence-electron chi connectivity index (χ1n) is 7.78. The lowest BCUT2D eigenvalue weighted by Crippen LogP contribution is -2.49. The fraction of sp³-hybridized carbons (Fsp3) is 0.562. The van der Waals surface area contributed by atoms with Crippen molar-refractivity contribution >= 4 is 15.7 Å². The standard InChI is InChI=1S/C16H21FN2O3S/c1-19-8-9-23(21,22)11-12(19)10-15(20)18-16(6-7-16)13-4-2-3-5-14(13)17/h2-5,12H,6-11H2,1H3,(H,18,20). The maximum Gasteiger partial charge on any atom is 0.222 e. The molecule has 1 N–H and O–H groups in total.